The van der Waals surface area contributed by atoms with Gasteiger partial charge in [0.15, 0.2) is 5.60 Å². The van der Waals surface area contributed by atoms with Crippen molar-refractivity contribution in [3.63, 3.8) is 0 Å². The van der Waals surface area contributed by atoms with Gasteiger partial charge in [0.05, 0.1) is 0 Å². The molecule has 0 saturated carbocycles. The first-order valence-corrected chi connectivity index (χ1v) is 4.99. The fraction of sp³-hybridized carbons (Fsp3) is 0.333. The largest absolute Gasteiger partial charge is 0.432 e. The van der Waals surface area contributed by atoms with E-state index in [4.69, 9.17) is 4.74 Å². The summed E-state index contributed by atoms with van der Waals surface area (Å²) in [5.41, 5.74) is -1.15. The fourth-order valence-corrected chi connectivity index (χ4v) is 1.69. The van der Waals surface area contributed by atoms with Crippen LogP contribution in [0.1, 0.15) is 12.8 Å². The number of carbonyl (C=O) groups is 2. The maximum absolute atomic E-state index is 12.0. The summed E-state index contributed by atoms with van der Waals surface area (Å²) in [5.74, 6) is -0.350. The average molecular weight is 221 g/mol. The zero-order valence-corrected chi connectivity index (χ0v) is 9.15. The first-order chi connectivity index (χ1) is 7.61. The van der Waals surface area contributed by atoms with Crippen LogP contribution in [0.5, 0.6) is 0 Å². The van der Waals surface area contributed by atoms with Gasteiger partial charge >= 0.3 is 6.09 Å². The van der Waals surface area contributed by atoms with E-state index >= 15 is 0 Å². The minimum absolute atomic E-state index is 0.160. The molecule has 0 aliphatic carbocycles. The van der Waals surface area contributed by atoms with Crippen LogP contribution in [-0.2, 0) is 9.53 Å². The Morgan fingerprint density at radius 1 is 1.12 bits per heavy atom. The van der Waals surface area contributed by atoms with Crippen LogP contribution < -0.4 is 0 Å². The summed E-state index contributed by atoms with van der Waals surface area (Å²) in [6.45, 7) is 10.8. The monoisotopic (exact) mass is 221 g/mol. The zero-order chi connectivity index (χ0) is 12.2. The van der Waals surface area contributed by atoms with Crippen LogP contribution in [-0.4, -0.2) is 29.0 Å². The molecule has 4 heteroatoms. The molecule has 2 amide bonds. The molecule has 1 heterocycles. The van der Waals surface area contributed by atoms with Gasteiger partial charge < -0.3 is 4.74 Å². The molecule has 0 aromatic carbocycles. The van der Waals surface area contributed by atoms with E-state index in [1.54, 1.807) is 12.2 Å². The lowest BCUT2D eigenvalue weighted by Crippen LogP contribution is -2.40. The number of amides is 2. The van der Waals surface area contributed by atoms with E-state index in [0.717, 1.165) is 4.90 Å². The quantitative estimate of drug-likeness (QED) is 0.645. The molecule has 0 aromatic rings. The van der Waals surface area contributed by atoms with Gasteiger partial charge in [0.2, 0.25) is 0 Å². The lowest BCUT2D eigenvalue weighted by molar-refractivity contribution is -0.136. The van der Waals surface area contributed by atoms with E-state index in [1.807, 2.05) is 0 Å². The van der Waals surface area contributed by atoms with Crippen molar-refractivity contribution >= 4 is 12.0 Å². The first-order valence-electron chi connectivity index (χ1n) is 4.99. The molecule has 1 aliphatic rings. The minimum Gasteiger partial charge on any atom is -0.432 e. The van der Waals surface area contributed by atoms with Gasteiger partial charge in [-0.2, -0.15) is 0 Å². The number of carbonyl (C=O) groups excluding carboxylic acids is 2. The lowest BCUT2D eigenvalue weighted by Gasteiger charge is -2.21. The summed E-state index contributed by atoms with van der Waals surface area (Å²) >= 11 is 0. The van der Waals surface area contributed by atoms with Crippen LogP contribution in [0.4, 0.5) is 4.79 Å². The molecule has 0 N–H and O–H groups in total. The van der Waals surface area contributed by atoms with Gasteiger partial charge in [-0.25, -0.2) is 9.69 Å². The van der Waals surface area contributed by atoms with Crippen molar-refractivity contribution in [3.8, 4) is 0 Å². The molecule has 1 fully saturated rings. The maximum atomic E-state index is 12.0. The third-order valence-corrected chi connectivity index (χ3v) is 2.40. The molecular weight excluding hydrogens is 206 g/mol. The Morgan fingerprint density at radius 2 is 1.69 bits per heavy atom. The summed E-state index contributed by atoms with van der Waals surface area (Å²) in [6, 6.07) is 0. The van der Waals surface area contributed by atoms with E-state index in [2.05, 4.69) is 19.7 Å². The van der Waals surface area contributed by atoms with Gasteiger partial charge in [-0.15, -0.1) is 19.7 Å². The van der Waals surface area contributed by atoms with Crippen LogP contribution in [0, 0.1) is 0 Å². The lowest BCUT2D eigenvalue weighted by atomic mass is 9.94. The Bertz CT molecular complexity index is 336. The first kappa shape index (κ1) is 12.2. The average Bonchev–Trinajstić information content (AvgIpc) is 2.45. The van der Waals surface area contributed by atoms with Gasteiger partial charge in [-0.3, -0.25) is 4.79 Å². The SMILES string of the molecule is C=CCN1C(=O)OC(CC=C)(CC=C)C1=O. The Balaban J connectivity index is 3.00. The summed E-state index contributed by atoms with van der Waals surface area (Å²) in [6.07, 6.45) is 4.55. The Morgan fingerprint density at radius 3 is 2.12 bits per heavy atom. The van der Waals surface area contributed by atoms with Crippen LogP contribution >= 0.6 is 0 Å². The Hall–Kier alpha value is -1.84. The topological polar surface area (TPSA) is 46.6 Å². The summed E-state index contributed by atoms with van der Waals surface area (Å²) in [4.78, 5) is 24.6. The number of imide groups is 1. The van der Waals surface area contributed by atoms with Crippen molar-refractivity contribution in [1.82, 2.24) is 4.90 Å². The molecule has 0 radical (unpaired) electrons. The molecule has 0 atom stereocenters. The predicted octanol–water partition coefficient (Wildman–Crippen LogP) is 2.04. The number of rotatable bonds is 6. The zero-order valence-electron chi connectivity index (χ0n) is 9.15. The molecule has 0 bridgehead atoms. The van der Waals surface area contributed by atoms with Crippen molar-refractivity contribution in [2.45, 2.75) is 18.4 Å². The van der Waals surface area contributed by atoms with Crippen molar-refractivity contribution in [2.75, 3.05) is 6.54 Å². The third-order valence-electron chi connectivity index (χ3n) is 2.40. The maximum Gasteiger partial charge on any atom is 0.418 e. The van der Waals surface area contributed by atoms with Gasteiger partial charge in [0.1, 0.15) is 0 Å². The second-order valence-electron chi connectivity index (χ2n) is 3.55. The highest BCUT2D eigenvalue weighted by Gasteiger charge is 2.51. The molecule has 1 saturated heterocycles. The molecule has 0 aromatic heterocycles. The number of ether oxygens (including phenoxy) is 1. The number of nitrogens with zero attached hydrogens (tertiary/aromatic N) is 1. The Labute approximate surface area is 94.9 Å². The van der Waals surface area contributed by atoms with Gasteiger partial charge in [-0.1, -0.05) is 18.2 Å². The van der Waals surface area contributed by atoms with Gasteiger partial charge in [0, 0.05) is 19.4 Å². The third kappa shape index (κ3) is 1.91. The highest BCUT2D eigenvalue weighted by atomic mass is 16.6. The van der Waals surface area contributed by atoms with Crippen molar-refractivity contribution < 1.29 is 14.3 Å². The van der Waals surface area contributed by atoms with Crippen molar-refractivity contribution in [1.29, 1.82) is 0 Å². The molecule has 86 valence electrons. The predicted molar refractivity (Wildman–Crippen MR) is 60.8 cm³/mol. The van der Waals surface area contributed by atoms with Crippen LogP contribution in [0.3, 0.4) is 0 Å². The van der Waals surface area contributed by atoms with Crippen LogP contribution in [0.2, 0.25) is 0 Å². The van der Waals surface area contributed by atoms with E-state index in [0.29, 0.717) is 0 Å². The standard InChI is InChI=1S/C12H15NO3/c1-4-7-12(8-5-2)10(14)13(9-6-3)11(15)16-12/h4-6H,1-3,7-9H2. The molecule has 0 unspecified atom stereocenters. The summed E-state index contributed by atoms with van der Waals surface area (Å²) < 4.78 is 5.15. The van der Waals surface area contributed by atoms with Gasteiger partial charge in [-0.05, 0) is 0 Å². The molecule has 16 heavy (non-hydrogen) atoms. The van der Waals surface area contributed by atoms with Crippen LogP contribution in [0.25, 0.3) is 0 Å². The number of cyclic esters (lactones) is 1. The van der Waals surface area contributed by atoms with Gasteiger partial charge in [0.25, 0.3) is 5.91 Å². The summed E-state index contributed by atoms with van der Waals surface area (Å²) in [7, 11) is 0. The minimum atomic E-state index is -1.15. The molecule has 1 aliphatic heterocycles. The summed E-state index contributed by atoms with van der Waals surface area (Å²) in [5, 5.41) is 0. The van der Waals surface area contributed by atoms with Crippen molar-refractivity contribution in [3.05, 3.63) is 38.0 Å². The smallest absolute Gasteiger partial charge is 0.418 e. The van der Waals surface area contributed by atoms with Crippen molar-refractivity contribution in [2.24, 2.45) is 0 Å². The molecule has 0 spiro atoms. The Kier molecular flexibility index (Phi) is 3.66. The highest BCUT2D eigenvalue weighted by molar-refractivity contribution is 6.03. The van der Waals surface area contributed by atoms with Crippen LogP contribution in [0.15, 0.2) is 38.0 Å². The molecule has 4 nitrogen and oxygen atoms in total. The van der Waals surface area contributed by atoms with E-state index < -0.39 is 11.7 Å². The second-order valence-corrected chi connectivity index (χ2v) is 3.55. The second kappa shape index (κ2) is 4.79. The fourth-order valence-electron chi connectivity index (χ4n) is 1.69. The normalized spacial score (nSPS) is 18.1. The highest BCUT2D eigenvalue weighted by Crippen LogP contribution is 2.31. The molecular formula is C12H15NO3. The van der Waals surface area contributed by atoms with E-state index in [-0.39, 0.29) is 25.3 Å². The van der Waals surface area contributed by atoms with E-state index in [1.165, 1.54) is 6.08 Å². The number of hydrogen-bond donors (Lipinski definition) is 0. The van der Waals surface area contributed by atoms with E-state index in [9.17, 15) is 9.59 Å². The number of hydrogen-bond acceptors (Lipinski definition) is 3. The molecule has 1 rings (SSSR count).